The van der Waals surface area contributed by atoms with Crippen molar-refractivity contribution in [2.75, 3.05) is 6.61 Å². The van der Waals surface area contributed by atoms with Crippen molar-refractivity contribution < 1.29 is 27.4 Å². The van der Waals surface area contributed by atoms with Crippen molar-refractivity contribution in [1.82, 2.24) is 0 Å². The zero-order chi connectivity index (χ0) is 12.5. The molecular weight excluding hydrogens is 228 g/mol. The minimum atomic E-state index is -1.62. The van der Waals surface area contributed by atoms with Gasteiger partial charge in [-0.2, -0.15) is 8.78 Å². The van der Waals surface area contributed by atoms with Gasteiger partial charge in [0.1, 0.15) is 5.60 Å². The number of ether oxygens (including phenoxy) is 1. The fourth-order valence-corrected chi connectivity index (χ4v) is 0.949. The molecule has 0 saturated carbocycles. The van der Waals surface area contributed by atoms with E-state index in [2.05, 4.69) is 0 Å². The monoisotopic (exact) mass is 238 g/mol. The van der Waals surface area contributed by atoms with Crippen LogP contribution in [-0.4, -0.2) is 17.3 Å². The van der Waals surface area contributed by atoms with Crippen molar-refractivity contribution in [2.24, 2.45) is 0 Å². The average molecular weight is 238 g/mol. The quantitative estimate of drug-likeness (QED) is 0.647. The number of rotatable bonds is 3. The molecule has 0 aliphatic rings. The third-order valence-corrected chi connectivity index (χ3v) is 1.83. The maximum Gasteiger partial charge on any atom is 0.203 e. The fourth-order valence-electron chi connectivity index (χ4n) is 0.949. The number of aliphatic hydroxyl groups is 1. The van der Waals surface area contributed by atoms with Gasteiger partial charge >= 0.3 is 0 Å². The van der Waals surface area contributed by atoms with Crippen LogP contribution in [0, 0.1) is 23.3 Å². The maximum absolute atomic E-state index is 13.1. The maximum atomic E-state index is 13.1. The van der Waals surface area contributed by atoms with Gasteiger partial charge in [-0.25, -0.2) is 8.78 Å². The molecule has 0 unspecified atom stereocenters. The molecule has 1 rings (SSSR count). The standard InChI is InChI=1S/C10H10F4O2/c1-10(2,4-15)16-9-7(13)5(11)3-6(12)8(9)14/h3,15H,4H2,1-2H3. The smallest absolute Gasteiger partial charge is 0.203 e. The molecule has 6 heteroatoms. The van der Waals surface area contributed by atoms with Gasteiger partial charge in [0.05, 0.1) is 6.61 Å². The molecule has 0 saturated heterocycles. The topological polar surface area (TPSA) is 29.5 Å². The Morgan fingerprint density at radius 3 is 1.94 bits per heavy atom. The number of hydrogen-bond acceptors (Lipinski definition) is 2. The molecule has 1 aromatic rings. The molecule has 90 valence electrons. The van der Waals surface area contributed by atoms with Gasteiger partial charge < -0.3 is 9.84 Å². The normalized spacial score (nSPS) is 11.7. The molecule has 0 aliphatic carbocycles. The molecule has 2 nitrogen and oxygen atoms in total. The third-order valence-electron chi connectivity index (χ3n) is 1.83. The van der Waals surface area contributed by atoms with Crippen LogP contribution in [0.25, 0.3) is 0 Å². The van der Waals surface area contributed by atoms with E-state index in [0.29, 0.717) is 0 Å². The lowest BCUT2D eigenvalue weighted by atomic mass is 10.1. The molecule has 0 aromatic heterocycles. The molecule has 0 fully saturated rings. The zero-order valence-electron chi connectivity index (χ0n) is 8.65. The van der Waals surface area contributed by atoms with Crippen molar-refractivity contribution >= 4 is 0 Å². The second kappa shape index (κ2) is 4.29. The second-order valence-electron chi connectivity index (χ2n) is 3.82. The summed E-state index contributed by atoms with van der Waals surface area (Å²) >= 11 is 0. The number of benzene rings is 1. The van der Waals surface area contributed by atoms with Gasteiger partial charge in [-0.1, -0.05) is 0 Å². The third kappa shape index (κ3) is 2.44. The van der Waals surface area contributed by atoms with Gasteiger partial charge in [0.15, 0.2) is 17.4 Å². The SMILES string of the molecule is CC(C)(CO)Oc1c(F)c(F)cc(F)c1F. The lowest BCUT2D eigenvalue weighted by Gasteiger charge is -2.24. The minimum absolute atomic E-state index is 0.0868. The highest BCUT2D eigenvalue weighted by atomic mass is 19.2. The van der Waals surface area contributed by atoms with Gasteiger partial charge in [0, 0.05) is 6.07 Å². The molecule has 0 radical (unpaired) electrons. The van der Waals surface area contributed by atoms with Gasteiger partial charge in [-0.05, 0) is 13.8 Å². The van der Waals surface area contributed by atoms with E-state index in [1.165, 1.54) is 13.8 Å². The van der Waals surface area contributed by atoms with E-state index in [-0.39, 0.29) is 6.07 Å². The highest BCUT2D eigenvalue weighted by molar-refractivity contribution is 5.29. The summed E-state index contributed by atoms with van der Waals surface area (Å²) in [5.74, 6) is -7.53. The first-order valence-electron chi connectivity index (χ1n) is 4.41. The summed E-state index contributed by atoms with van der Waals surface area (Å²) in [6, 6.07) is 0.0868. The van der Waals surface area contributed by atoms with Gasteiger partial charge in [-0.3, -0.25) is 0 Å². The number of aliphatic hydroxyl groups excluding tert-OH is 1. The van der Waals surface area contributed by atoms with Crippen LogP contribution in [0.4, 0.5) is 17.6 Å². The van der Waals surface area contributed by atoms with Crippen LogP contribution in [-0.2, 0) is 0 Å². The van der Waals surface area contributed by atoms with Crippen LogP contribution in [0.15, 0.2) is 6.07 Å². The predicted octanol–water partition coefficient (Wildman–Crippen LogP) is 2.39. The van der Waals surface area contributed by atoms with Crippen molar-refractivity contribution in [3.05, 3.63) is 29.3 Å². The van der Waals surface area contributed by atoms with E-state index < -0.39 is 41.2 Å². The molecule has 0 atom stereocenters. The van der Waals surface area contributed by atoms with Gasteiger partial charge in [-0.15, -0.1) is 0 Å². The minimum Gasteiger partial charge on any atom is -0.479 e. The van der Waals surface area contributed by atoms with Crippen molar-refractivity contribution in [3.63, 3.8) is 0 Å². The molecule has 0 heterocycles. The lowest BCUT2D eigenvalue weighted by Crippen LogP contribution is -2.33. The summed E-state index contributed by atoms with van der Waals surface area (Å²) in [5, 5.41) is 8.82. The molecule has 16 heavy (non-hydrogen) atoms. The summed E-state index contributed by atoms with van der Waals surface area (Å²) in [6.45, 7) is 2.06. The van der Waals surface area contributed by atoms with Crippen LogP contribution in [0.3, 0.4) is 0 Å². The first-order valence-corrected chi connectivity index (χ1v) is 4.41. The van der Waals surface area contributed by atoms with E-state index >= 15 is 0 Å². The average Bonchev–Trinajstić information content (AvgIpc) is 2.22. The van der Waals surface area contributed by atoms with Crippen LogP contribution < -0.4 is 4.74 Å². The van der Waals surface area contributed by atoms with Crippen LogP contribution in [0.1, 0.15) is 13.8 Å². The van der Waals surface area contributed by atoms with Crippen LogP contribution in [0.5, 0.6) is 5.75 Å². The predicted molar refractivity (Wildman–Crippen MR) is 48.1 cm³/mol. The highest BCUT2D eigenvalue weighted by Gasteiger charge is 2.27. The molecular formula is C10H10F4O2. The van der Waals surface area contributed by atoms with E-state index in [1.54, 1.807) is 0 Å². The Morgan fingerprint density at radius 1 is 1.12 bits per heavy atom. The van der Waals surface area contributed by atoms with E-state index in [1.807, 2.05) is 0 Å². The summed E-state index contributed by atoms with van der Waals surface area (Å²) < 4.78 is 56.5. The first-order chi connectivity index (χ1) is 7.28. The molecule has 0 spiro atoms. The molecule has 0 amide bonds. The fraction of sp³-hybridized carbons (Fsp3) is 0.400. The second-order valence-corrected chi connectivity index (χ2v) is 3.82. The Balaban J connectivity index is 3.23. The molecule has 1 aromatic carbocycles. The summed E-state index contributed by atoms with van der Waals surface area (Å²) in [5.41, 5.74) is -1.35. The van der Waals surface area contributed by atoms with Gasteiger partial charge in [0.2, 0.25) is 11.6 Å². The van der Waals surface area contributed by atoms with Crippen molar-refractivity contribution in [2.45, 2.75) is 19.4 Å². The van der Waals surface area contributed by atoms with Crippen LogP contribution in [0.2, 0.25) is 0 Å². The molecule has 0 aliphatic heterocycles. The van der Waals surface area contributed by atoms with Crippen molar-refractivity contribution in [3.8, 4) is 5.75 Å². The Bertz CT molecular complexity index is 378. The summed E-state index contributed by atoms with van der Waals surface area (Å²) in [7, 11) is 0. The molecule has 0 bridgehead atoms. The number of hydrogen-bond donors (Lipinski definition) is 1. The van der Waals surface area contributed by atoms with Gasteiger partial charge in [0.25, 0.3) is 0 Å². The lowest BCUT2D eigenvalue weighted by molar-refractivity contribution is 0.0330. The largest absolute Gasteiger partial charge is 0.479 e. The summed E-state index contributed by atoms with van der Waals surface area (Å²) in [6.07, 6.45) is 0. The van der Waals surface area contributed by atoms with Crippen molar-refractivity contribution in [1.29, 1.82) is 0 Å². The number of halogens is 4. The first kappa shape index (κ1) is 12.8. The van der Waals surface area contributed by atoms with E-state index in [9.17, 15) is 17.6 Å². The Kier molecular flexibility index (Phi) is 3.42. The highest BCUT2D eigenvalue weighted by Crippen LogP contribution is 2.29. The summed E-state index contributed by atoms with van der Waals surface area (Å²) in [4.78, 5) is 0. The van der Waals surface area contributed by atoms with Crippen LogP contribution >= 0.6 is 0 Å². The zero-order valence-corrected chi connectivity index (χ0v) is 8.65. The molecule has 1 N–H and O–H groups in total. The Morgan fingerprint density at radius 2 is 1.56 bits per heavy atom. The Hall–Kier alpha value is -1.30. The van der Waals surface area contributed by atoms with E-state index in [4.69, 9.17) is 9.84 Å². The Labute approximate surface area is 89.5 Å². The van der Waals surface area contributed by atoms with E-state index in [0.717, 1.165) is 0 Å².